The lowest BCUT2D eigenvalue weighted by Crippen LogP contribution is -2.49. The van der Waals surface area contributed by atoms with Crippen LogP contribution in [0.3, 0.4) is 0 Å². The van der Waals surface area contributed by atoms with Gasteiger partial charge in [-0.2, -0.15) is 12.4 Å². The summed E-state index contributed by atoms with van der Waals surface area (Å²) in [5, 5.41) is 8.54. The van der Waals surface area contributed by atoms with E-state index in [4.69, 9.17) is 13.7 Å². The molecule has 0 bridgehead atoms. The maximum absolute atomic E-state index is 13.3. The number of aliphatic carboxylic acids is 1. The SMILES string of the molecule is C[O+]=S(=O)(c1ccc(C)cc1)N1CCN(CCOC(=O)CCC(=O)O)CC1. The molecular weight excluding hydrogens is 372 g/mol. The Bertz CT molecular complexity index is 763. The van der Waals surface area contributed by atoms with Gasteiger partial charge in [-0.05, 0) is 19.1 Å². The number of carboxylic acids is 1. The van der Waals surface area contributed by atoms with E-state index >= 15 is 0 Å². The molecule has 27 heavy (non-hydrogen) atoms. The average molecular weight is 399 g/mol. The molecule has 0 aliphatic carbocycles. The van der Waals surface area contributed by atoms with E-state index in [0.717, 1.165) is 5.56 Å². The number of carboxylic acid groups (broad SMARTS) is 1. The van der Waals surface area contributed by atoms with Crippen LogP contribution in [0.2, 0.25) is 0 Å². The highest BCUT2D eigenvalue weighted by Gasteiger charge is 2.34. The smallest absolute Gasteiger partial charge is 0.378 e. The van der Waals surface area contributed by atoms with E-state index in [9.17, 15) is 13.8 Å². The summed E-state index contributed by atoms with van der Waals surface area (Å²) in [5.41, 5.74) is 1.10. The van der Waals surface area contributed by atoms with Crippen molar-refractivity contribution in [3.05, 3.63) is 29.8 Å². The second-order valence-electron chi connectivity index (χ2n) is 6.34. The van der Waals surface area contributed by atoms with Crippen molar-refractivity contribution in [1.82, 2.24) is 9.21 Å². The zero-order valence-electron chi connectivity index (χ0n) is 15.8. The second-order valence-corrected chi connectivity index (χ2v) is 8.61. The molecule has 1 fully saturated rings. The molecule has 1 unspecified atom stereocenters. The van der Waals surface area contributed by atoms with Gasteiger partial charge in [0.15, 0.2) is 0 Å². The molecule has 150 valence electrons. The predicted octanol–water partition coefficient (Wildman–Crippen LogP) is 1.09. The number of rotatable bonds is 8. The Kier molecular flexibility index (Phi) is 7.76. The minimum atomic E-state index is -2.73. The van der Waals surface area contributed by atoms with Crippen molar-refractivity contribution in [2.24, 2.45) is 0 Å². The molecule has 1 aliphatic rings. The van der Waals surface area contributed by atoms with Gasteiger partial charge in [0.1, 0.15) is 11.5 Å². The van der Waals surface area contributed by atoms with Crippen molar-refractivity contribution in [3.8, 4) is 0 Å². The topological polar surface area (TPSA) is 98.5 Å². The van der Waals surface area contributed by atoms with E-state index in [1.54, 1.807) is 0 Å². The van der Waals surface area contributed by atoms with Crippen molar-refractivity contribution in [3.63, 3.8) is 0 Å². The molecule has 1 N–H and O–H groups in total. The van der Waals surface area contributed by atoms with Gasteiger partial charge in [-0.3, -0.25) is 14.5 Å². The second kappa shape index (κ2) is 9.82. The third kappa shape index (κ3) is 6.02. The molecule has 1 saturated heterocycles. The molecular formula is C18H27N2O6S+. The molecule has 0 radical (unpaired) electrons. The summed E-state index contributed by atoms with van der Waals surface area (Å²) < 4.78 is 25.6. The fraction of sp³-hybridized carbons (Fsp3) is 0.556. The molecule has 1 aliphatic heterocycles. The van der Waals surface area contributed by atoms with Crippen LogP contribution in [0.25, 0.3) is 0 Å². The summed E-state index contributed by atoms with van der Waals surface area (Å²) in [6, 6.07) is 7.51. The van der Waals surface area contributed by atoms with Crippen LogP contribution in [0, 0.1) is 6.92 Å². The summed E-state index contributed by atoms with van der Waals surface area (Å²) in [5.74, 6) is -1.52. The first-order valence-electron chi connectivity index (χ1n) is 8.86. The molecule has 0 spiro atoms. The number of hydrogen-bond donors (Lipinski definition) is 1. The van der Waals surface area contributed by atoms with Gasteiger partial charge in [-0.1, -0.05) is 17.7 Å². The molecule has 0 aromatic heterocycles. The number of piperazine rings is 1. The van der Waals surface area contributed by atoms with Crippen molar-refractivity contribution in [2.45, 2.75) is 24.7 Å². The molecule has 9 heteroatoms. The van der Waals surface area contributed by atoms with E-state index in [1.165, 1.54) is 7.11 Å². The van der Waals surface area contributed by atoms with E-state index < -0.39 is 22.0 Å². The number of benzene rings is 1. The van der Waals surface area contributed by atoms with E-state index in [1.807, 2.05) is 35.5 Å². The molecule has 0 saturated carbocycles. The van der Waals surface area contributed by atoms with Gasteiger partial charge in [0, 0.05) is 32.7 Å². The molecule has 2 rings (SSSR count). The Morgan fingerprint density at radius 3 is 2.33 bits per heavy atom. The molecule has 1 atom stereocenters. The highest BCUT2D eigenvalue weighted by Crippen LogP contribution is 2.19. The summed E-state index contributed by atoms with van der Waals surface area (Å²) in [4.78, 5) is 24.6. The van der Waals surface area contributed by atoms with E-state index in [-0.39, 0.29) is 19.4 Å². The van der Waals surface area contributed by atoms with Crippen LogP contribution >= 0.6 is 0 Å². The van der Waals surface area contributed by atoms with Crippen molar-refractivity contribution in [1.29, 1.82) is 0 Å². The van der Waals surface area contributed by atoms with Gasteiger partial charge in [-0.25, -0.2) is 0 Å². The lowest BCUT2D eigenvalue weighted by molar-refractivity contribution is -0.148. The fourth-order valence-electron chi connectivity index (χ4n) is 2.82. The Morgan fingerprint density at radius 2 is 1.78 bits per heavy atom. The monoisotopic (exact) mass is 399 g/mol. The first kappa shape index (κ1) is 21.3. The molecule has 1 aromatic carbocycles. The van der Waals surface area contributed by atoms with Crippen molar-refractivity contribution < 1.29 is 27.5 Å². The van der Waals surface area contributed by atoms with Gasteiger partial charge < -0.3 is 9.84 Å². The Labute approximate surface area is 160 Å². The molecule has 8 nitrogen and oxygen atoms in total. The van der Waals surface area contributed by atoms with Crippen molar-refractivity contribution in [2.75, 3.05) is 46.4 Å². The van der Waals surface area contributed by atoms with E-state index in [0.29, 0.717) is 37.6 Å². The van der Waals surface area contributed by atoms with Gasteiger partial charge >= 0.3 is 22.0 Å². The number of ether oxygens (including phenoxy) is 1. The maximum atomic E-state index is 13.3. The minimum Gasteiger partial charge on any atom is -0.481 e. The Hall–Kier alpha value is -1.97. The highest BCUT2D eigenvalue weighted by molar-refractivity contribution is 7.89. The first-order chi connectivity index (χ1) is 12.8. The summed E-state index contributed by atoms with van der Waals surface area (Å²) in [6.45, 7) is 5.27. The van der Waals surface area contributed by atoms with Crippen LogP contribution < -0.4 is 0 Å². The molecule has 1 aromatic rings. The van der Waals surface area contributed by atoms with Crippen LogP contribution in [-0.2, 0) is 28.2 Å². The van der Waals surface area contributed by atoms with Crippen LogP contribution in [0.1, 0.15) is 18.4 Å². The third-order valence-electron chi connectivity index (χ3n) is 4.43. The summed E-state index contributed by atoms with van der Waals surface area (Å²) in [7, 11) is -1.27. The average Bonchev–Trinajstić information content (AvgIpc) is 2.67. The largest absolute Gasteiger partial charge is 0.481 e. The van der Waals surface area contributed by atoms with Crippen LogP contribution in [-0.4, -0.2) is 76.9 Å². The number of esters is 1. The molecule has 1 heterocycles. The van der Waals surface area contributed by atoms with Crippen LogP contribution in [0.5, 0.6) is 0 Å². The maximum Gasteiger partial charge on any atom is 0.378 e. The van der Waals surface area contributed by atoms with E-state index in [2.05, 4.69) is 4.90 Å². The first-order valence-corrected chi connectivity index (χ1v) is 10.3. The quantitative estimate of drug-likeness (QED) is 0.519. The summed E-state index contributed by atoms with van der Waals surface area (Å²) in [6.07, 6.45) is -0.336. The minimum absolute atomic E-state index is 0.116. The van der Waals surface area contributed by atoms with Gasteiger partial charge in [0.05, 0.1) is 12.8 Å². The Morgan fingerprint density at radius 1 is 1.15 bits per heavy atom. The van der Waals surface area contributed by atoms with Crippen LogP contribution in [0.4, 0.5) is 0 Å². The lowest BCUT2D eigenvalue weighted by Gasteiger charge is -2.32. The number of nitrogens with zero attached hydrogens (tertiary/aromatic N) is 2. The number of aryl methyl sites for hydroxylation is 1. The van der Waals surface area contributed by atoms with Crippen molar-refractivity contribution >= 4 is 22.0 Å². The van der Waals surface area contributed by atoms with Gasteiger partial charge in [0.25, 0.3) is 7.11 Å². The zero-order chi connectivity index (χ0) is 19.9. The number of carbonyl (C=O) groups excluding carboxylic acids is 1. The third-order valence-corrected chi connectivity index (χ3v) is 6.79. The highest BCUT2D eigenvalue weighted by atomic mass is 32.2. The predicted molar refractivity (Wildman–Crippen MR) is 100 cm³/mol. The lowest BCUT2D eigenvalue weighted by atomic mass is 10.2. The van der Waals surface area contributed by atoms with Gasteiger partial charge in [0.2, 0.25) is 0 Å². The van der Waals surface area contributed by atoms with Gasteiger partial charge in [-0.15, -0.1) is 0 Å². The zero-order valence-corrected chi connectivity index (χ0v) is 16.6. The number of hydrogen-bond acceptors (Lipinski definition) is 5. The normalized spacial score (nSPS) is 17.9. The molecule has 0 amide bonds. The standard InChI is InChI=1S/C18H26N2O6S/c1-15-3-5-16(6-4-15)27(24,25-2)20-11-9-19(10-12-20)13-14-26-18(23)8-7-17(21)22/h3-6H,7-14H2,1-2H3/p+1. The summed E-state index contributed by atoms with van der Waals surface area (Å²) >= 11 is 0. The van der Waals surface area contributed by atoms with Crippen LogP contribution in [0.15, 0.2) is 29.2 Å². The fourth-order valence-corrected chi connectivity index (χ4v) is 4.65. The number of carbonyl (C=O) groups is 2. The Balaban J connectivity index is 1.82.